The highest BCUT2D eigenvalue weighted by Crippen LogP contribution is 2.07. The summed E-state index contributed by atoms with van der Waals surface area (Å²) in [6.07, 6.45) is 7.43. The number of nitrogens with zero attached hydrogens (tertiary/aromatic N) is 1. The molecule has 0 aliphatic carbocycles. The van der Waals surface area contributed by atoms with Crippen LogP contribution < -0.4 is 5.32 Å². The van der Waals surface area contributed by atoms with Crippen molar-refractivity contribution < 1.29 is 0 Å². The predicted molar refractivity (Wildman–Crippen MR) is 60.3 cm³/mol. The quantitative estimate of drug-likeness (QED) is 0.713. The molecule has 0 bridgehead atoms. The maximum absolute atomic E-state index is 4.35. The molecule has 0 amide bonds. The van der Waals surface area contributed by atoms with Gasteiger partial charge in [-0.05, 0) is 26.3 Å². The molecule has 0 aromatic heterocycles. The fourth-order valence-corrected chi connectivity index (χ4v) is 1.39. The molecule has 0 saturated heterocycles. The van der Waals surface area contributed by atoms with Crippen LogP contribution in [0.5, 0.6) is 0 Å². The molecule has 0 spiro atoms. The van der Waals surface area contributed by atoms with Gasteiger partial charge in [-0.15, -0.1) is 0 Å². The summed E-state index contributed by atoms with van der Waals surface area (Å²) < 4.78 is 0. The molecule has 1 aliphatic heterocycles. The Morgan fingerprint density at radius 2 is 2.23 bits per heavy atom. The maximum Gasteiger partial charge on any atom is 0.0450 e. The van der Waals surface area contributed by atoms with Crippen molar-refractivity contribution in [1.82, 2.24) is 5.32 Å². The maximum atomic E-state index is 4.35. The van der Waals surface area contributed by atoms with Crippen molar-refractivity contribution in [2.75, 3.05) is 7.05 Å². The molecule has 0 aromatic carbocycles. The molecule has 2 nitrogen and oxygen atoms in total. The molecule has 1 atom stereocenters. The lowest BCUT2D eigenvalue weighted by molar-refractivity contribution is 0.664. The van der Waals surface area contributed by atoms with E-state index in [2.05, 4.69) is 23.3 Å². The Morgan fingerprint density at radius 3 is 2.62 bits per heavy atom. The highest BCUT2D eigenvalue weighted by Gasteiger charge is 2.11. The monoisotopic (exact) mass is 182 g/mol. The van der Waals surface area contributed by atoms with Crippen molar-refractivity contribution in [3.63, 3.8) is 0 Å². The largest absolute Gasteiger partial charge is 0.312 e. The second kappa shape index (κ2) is 7.99. The van der Waals surface area contributed by atoms with Crippen molar-refractivity contribution in [2.45, 2.75) is 46.1 Å². The molecule has 0 saturated carbocycles. The van der Waals surface area contributed by atoms with E-state index in [1.165, 1.54) is 5.71 Å². The minimum absolute atomic E-state index is 0.486. The first kappa shape index (κ1) is 12.4. The predicted octanol–water partition coefficient (Wildman–Crippen LogP) is 2.76. The first-order valence-corrected chi connectivity index (χ1v) is 5.27. The number of nitrogens with one attached hydrogen (secondary N) is 1. The number of hydrogen-bond donors (Lipinski definition) is 1. The van der Waals surface area contributed by atoms with E-state index in [0.717, 1.165) is 19.3 Å². The van der Waals surface area contributed by atoms with Crippen molar-refractivity contribution in [1.29, 1.82) is 0 Å². The minimum Gasteiger partial charge on any atom is -0.312 e. The van der Waals surface area contributed by atoms with Gasteiger partial charge in [0.25, 0.3) is 0 Å². The third-order valence-electron chi connectivity index (χ3n) is 2.07. The second-order valence-corrected chi connectivity index (χ2v) is 2.79. The molecule has 1 N–H and O–H groups in total. The second-order valence-electron chi connectivity index (χ2n) is 2.79. The first-order valence-electron chi connectivity index (χ1n) is 5.27. The van der Waals surface area contributed by atoms with Crippen LogP contribution in [-0.4, -0.2) is 18.8 Å². The number of aliphatic imine (C=N–C) groups is 1. The van der Waals surface area contributed by atoms with E-state index in [9.17, 15) is 0 Å². The Balaban J connectivity index is 0.000000671. The average molecular weight is 182 g/mol. The molecule has 1 rings (SSSR count). The molecule has 0 fully saturated rings. The first-order chi connectivity index (χ1) is 6.38. The number of rotatable bonds is 3. The van der Waals surface area contributed by atoms with E-state index in [-0.39, 0.29) is 0 Å². The van der Waals surface area contributed by atoms with Crippen LogP contribution in [0.4, 0.5) is 0 Å². The SMILES string of the molecule is CC.CCC(NC)C1=NC=CCC1. The zero-order valence-corrected chi connectivity index (χ0v) is 9.30. The van der Waals surface area contributed by atoms with E-state index >= 15 is 0 Å². The van der Waals surface area contributed by atoms with Gasteiger partial charge in [-0.3, -0.25) is 4.99 Å². The summed E-state index contributed by atoms with van der Waals surface area (Å²) in [5, 5.41) is 3.26. The molecule has 2 heteroatoms. The smallest absolute Gasteiger partial charge is 0.0450 e. The van der Waals surface area contributed by atoms with Crippen molar-refractivity contribution >= 4 is 5.71 Å². The van der Waals surface area contributed by atoms with Crippen LogP contribution in [0, 0.1) is 0 Å². The van der Waals surface area contributed by atoms with Crippen LogP contribution in [0.1, 0.15) is 40.0 Å². The zero-order chi connectivity index (χ0) is 10.1. The summed E-state index contributed by atoms with van der Waals surface area (Å²) in [5.74, 6) is 0. The summed E-state index contributed by atoms with van der Waals surface area (Å²) in [6, 6.07) is 0.486. The third kappa shape index (κ3) is 4.23. The Hall–Kier alpha value is -0.630. The summed E-state index contributed by atoms with van der Waals surface area (Å²) >= 11 is 0. The number of hydrogen-bond acceptors (Lipinski definition) is 2. The molecule has 0 aromatic rings. The molecule has 1 heterocycles. The fourth-order valence-electron chi connectivity index (χ4n) is 1.39. The van der Waals surface area contributed by atoms with Gasteiger partial charge in [-0.25, -0.2) is 0 Å². The van der Waals surface area contributed by atoms with Crippen molar-refractivity contribution in [3.05, 3.63) is 12.3 Å². The zero-order valence-electron chi connectivity index (χ0n) is 9.30. The molecule has 1 aliphatic rings. The van der Waals surface area contributed by atoms with Gasteiger partial charge in [0.1, 0.15) is 0 Å². The fraction of sp³-hybridized carbons (Fsp3) is 0.727. The van der Waals surface area contributed by atoms with Crippen LogP contribution >= 0.6 is 0 Å². The van der Waals surface area contributed by atoms with Crippen molar-refractivity contribution in [2.24, 2.45) is 4.99 Å². The van der Waals surface area contributed by atoms with Gasteiger partial charge in [-0.1, -0.05) is 26.8 Å². The van der Waals surface area contributed by atoms with Crippen LogP contribution in [0.25, 0.3) is 0 Å². The Kier molecular flexibility index (Phi) is 7.60. The molecule has 13 heavy (non-hydrogen) atoms. The topological polar surface area (TPSA) is 24.4 Å². The van der Waals surface area contributed by atoms with Crippen LogP contribution in [0.15, 0.2) is 17.3 Å². The van der Waals surface area contributed by atoms with E-state index in [4.69, 9.17) is 0 Å². The average Bonchev–Trinajstić information content (AvgIpc) is 2.24. The molecule has 76 valence electrons. The van der Waals surface area contributed by atoms with Gasteiger partial charge in [0, 0.05) is 18.0 Å². The van der Waals surface area contributed by atoms with Crippen LogP contribution in [0.2, 0.25) is 0 Å². The summed E-state index contributed by atoms with van der Waals surface area (Å²) in [5.41, 5.74) is 1.30. The van der Waals surface area contributed by atoms with Crippen LogP contribution in [0.3, 0.4) is 0 Å². The van der Waals surface area contributed by atoms with Gasteiger partial charge in [0.2, 0.25) is 0 Å². The Morgan fingerprint density at radius 1 is 1.54 bits per heavy atom. The number of allylic oxidation sites excluding steroid dienone is 1. The molecule has 1 unspecified atom stereocenters. The minimum atomic E-state index is 0.486. The van der Waals surface area contributed by atoms with Gasteiger partial charge >= 0.3 is 0 Å². The highest BCUT2D eigenvalue weighted by atomic mass is 14.9. The van der Waals surface area contributed by atoms with Crippen molar-refractivity contribution in [3.8, 4) is 0 Å². The summed E-state index contributed by atoms with van der Waals surface area (Å²) in [4.78, 5) is 4.35. The normalized spacial score (nSPS) is 17.1. The van der Waals surface area contributed by atoms with Gasteiger partial charge in [-0.2, -0.15) is 0 Å². The Labute approximate surface area is 82.1 Å². The lowest BCUT2D eigenvalue weighted by Gasteiger charge is -2.17. The molecule has 0 radical (unpaired) electrons. The lowest BCUT2D eigenvalue weighted by atomic mass is 10.0. The Bertz CT molecular complexity index is 167. The van der Waals surface area contributed by atoms with Gasteiger partial charge in [0.05, 0.1) is 0 Å². The standard InChI is InChI=1S/C9H16N2.C2H6/c1-3-8(10-2)9-6-4-5-7-11-9;1-2/h5,7-8,10H,3-4,6H2,1-2H3;1-2H3. The summed E-state index contributed by atoms with van der Waals surface area (Å²) in [6.45, 7) is 6.18. The van der Waals surface area contributed by atoms with E-state index in [1.807, 2.05) is 27.1 Å². The third-order valence-corrected chi connectivity index (χ3v) is 2.07. The lowest BCUT2D eigenvalue weighted by Crippen LogP contribution is -2.33. The van der Waals surface area contributed by atoms with Crippen LogP contribution in [-0.2, 0) is 0 Å². The molecular formula is C11H22N2. The van der Waals surface area contributed by atoms with Gasteiger partial charge in [0.15, 0.2) is 0 Å². The summed E-state index contributed by atoms with van der Waals surface area (Å²) in [7, 11) is 2.00. The van der Waals surface area contributed by atoms with E-state index in [1.54, 1.807) is 0 Å². The highest BCUT2D eigenvalue weighted by molar-refractivity contribution is 5.90. The molecular weight excluding hydrogens is 160 g/mol. The van der Waals surface area contributed by atoms with E-state index in [0.29, 0.717) is 6.04 Å². The van der Waals surface area contributed by atoms with Gasteiger partial charge < -0.3 is 5.32 Å². The van der Waals surface area contributed by atoms with E-state index < -0.39 is 0 Å².